The average molecular weight is 421 g/mol. The van der Waals surface area contributed by atoms with Crippen LogP contribution in [0.5, 0.6) is 5.75 Å². The zero-order valence-electron chi connectivity index (χ0n) is 15.3. The summed E-state index contributed by atoms with van der Waals surface area (Å²) >= 11 is 0. The molecule has 3 rings (SSSR count). The fourth-order valence-electron chi connectivity index (χ4n) is 2.63. The maximum absolute atomic E-state index is 13.7. The monoisotopic (exact) mass is 421 g/mol. The largest absolute Gasteiger partial charge is 0.497 e. The Morgan fingerprint density at radius 3 is 2.34 bits per heavy atom. The van der Waals surface area contributed by atoms with Gasteiger partial charge in [-0.05, 0) is 36.4 Å². The van der Waals surface area contributed by atoms with Crippen LogP contribution < -0.4 is 15.0 Å². The van der Waals surface area contributed by atoms with E-state index >= 15 is 0 Å². The summed E-state index contributed by atoms with van der Waals surface area (Å²) in [5.74, 6) is -1.72. The van der Waals surface area contributed by atoms with Crippen molar-refractivity contribution in [3.8, 4) is 17.0 Å². The van der Waals surface area contributed by atoms with Crippen LogP contribution in [0.25, 0.3) is 11.3 Å². The van der Waals surface area contributed by atoms with Gasteiger partial charge in [0.1, 0.15) is 17.4 Å². The summed E-state index contributed by atoms with van der Waals surface area (Å²) in [5, 5.41) is 0. The first-order chi connectivity index (χ1) is 13.8. The van der Waals surface area contributed by atoms with Crippen LogP contribution in [-0.4, -0.2) is 31.6 Å². The van der Waals surface area contributed by atoms with Gasteiger partial charge in [0, 0.05) is 24.7 Å². The lowest BCUT2D eigenvalue weighted by Gasteiger charge is -2.10. The van der Waals surface area contributed by atoms with Gasteiger partial charge in [0.15, 0.2) is 4.90 Å². The third-order valence-electron chi connectivity index (χ3n) is 4.10. The van der Waals surface area contributed by atoms with Crippen molar-refractivity contribution in [3.05, 3.63) is 76.8 Å². The molecule has 0 bridgehead atoms. The molecule has 10 heteroatoms. The van der Waals surface area contributed by atoms with Crippen molar-refractivity contribution in [1.29, 1.82) is 0 Å². The lowest BCUT2D eigenvalue weighted by atomic mass is 10.1. The zero-order chi connectivity index (χ0) is 21.0. The molecule has 0 aliphatic rings. The van der Waals surface area contributed by atoms with Gasteiger partial charge in [-0.2, -0.15) is 0 Å². The van der Waals surface area contributed by atoms with E-state index in [1.807, 2.05) is 0 Å². The minimum Gasteiger partial charge on any atom is -0.497 e. The van der Waals surface area contributed by atoms with Crippen molar-refractivity contribution >= 4 is 10.0 Å². The zero-order valence-corrected chi connectivity index (χ0v) is 16.1. The number of hydrogen-bond donors (Lipinski definition) is 1. The smallest absolute Gasteiger partial charge is 0.253 e. The molecule has 0 atom stereocenters. The Balaban J connectivity index is 1.70. The third kappa shape index (κ3) is 4.66. The van der Waals surface area contributed by atoms with E-state index in [1.165, 1.54) is 17.0 Å². The number of nitrogens with zero attached hydrogens (tertiary/aromatic N) is 2. The molecular formula is C19H17F2N3O4S. The van der Waals surface area contributed by atoms with Gasteiger partial charge >= 0.3 is 0 Å². The van der Waals surface area contributed by atoms with Gasteiger partial charge in [-0.25, -0.2) is 26.9 Å². The predicted octanol–water partition coefficient (Wildman–Crippen LogP) is 2.18. The molecule has 3 aromatic rings. The molecule has 1 N–H and O–H groups in total. The minimum atomic E-state index is -4.41. The highest BCUT2D eigenvalue weighted by Gasteiger charge is 2.23. The van der Waals surface area contributed by atoms with Crippen molar-refractivity contribution in [3.63, 3.8) is 0 Å². The number of rotatable bonds is 7. The number of sulfonamides is 1. The second kappa shape index (κ2) is 8.50. The molecule has 7 nitrogen and oxygen atoms in total. The number of benzene rings is 2. The van der Waals surface area contributed by atoms with Gasteiger partial charge in [-0.15, -0.1) is 0 Å². The molecule has 0 aliphatic carbocycles. The summed E-state index contributed by atoms with van der Waals surface area (Å²) in [7, 11) is -2.87. The molecule has 1 heterocycles. The molecule has 0 unspecified atom stereocenters. The van der Waals surface area contributed by atoms with E-state index in [1.54, 1.807) is 31.4 Å². The number of hydrogen-bond acceptors (Lipinski definition) is 5. The first kappa shape index (κ1) is 20.6. The van der Waals surface area contributed by atoms with E-state index in [0.717, 1.165) is 18.2 Å². The van der Waals surface area contributed by atoms with Crippen molar-refractivity contribution in [1.82, 2.24) is 14.3 Å². The van der Waals surface area contributed by atoms with E-state index < -0.39 is 32.1 Å². The molecule has 1 aromatic heterocycles. The van der Waals surface area contributed by atoms with Crippen LogP contribution in [0.15, 0.2) is 64.5 Å². The van der Waals surface area contributed by atoms with Crippen LogP contribution in [-0.2, 0) is 16.6 Å². The summed E-state index contributed by atoms with van der Waals surface area (Å²) in [5.41, 5.74) is 0.760. The molecule has 0 saturated heterocycles. The van der Waals surface area contributed by atoms with Gasteiger partial charge in [-0.3, -0.25) is 9.36 Å². The van der Waals surface area contributed by atoms with Crippen LogP contribution in [0.1, 0.15) is 0 Å². The van der Waals surface area contributed by atoms with Crippen LogP contribution in [0, 0.1) is 11.6 Å². The van der Waals surface area contributed by atoms with Crippen molar-refractivity contribution in [2.45, 2.75) is 11.4 Å². The van der Waals surface area contributed by atoms with E-state index in [9.17, 15) is 22.0 Å². The summed E-state index contributed by atoms with van der Waals surface area (Å²) in [4.78, 5) is 15.4. The highest BCUT2D eigenvalue weighted by molar-refractivity contribution is 7.89. The third-order valence-corrected chi connectivity index (χ3v) is 5.61. The normalized spacial score (nSPS) is 11.4. The fraction of sp³-hybridized carbons (Fsp3) is 0.158. The lowest BCUT2D eigenvalue weighted by Crippen LogP contribution is -2.31. The van der Waals surface area contributed by atoms with E-state index in [0.29, 0.717) is 17.0 Å². The van der Waals surface area contributed by atoms with Gasteiger partial charge in [-0.1, -0.05) is 6.07 Å². The Labute approximate surface area is 165 Å². The summed E-state index contributed by atoms with van der Waals surface area (Å²) in [6.07, 6.45) is 1.28. The standard InChI is InChI=1S/C19H17F2N3O4S/c1-28-14-7-5-13(6-8-14)17-11-18(25)24(12-22-17)10-9-23-29(26,27)19-15(20)3-2-4-16(19)21/h2-8,11-12,23H,9-10H2,1H3. The first-order valence-corrected chi connectivity index (χ1v) is 9.95. The maximum atomic E-state index is 13.7. The summed E-state index contributed by atoms with van der Waals surface area (Å²) in [6.45, 7) is -0.316. The number of aromatic nitrogens is 2. The number of ether oxygens (including phenoxy) is 1. The Bertz CT molecular complexity index is 1160. The highest BCUT2D eigenvalue weighted by Crippen LogP contribution is 2.19. The van der Waals surface area contributed by atoms with Crippen molar-refractivity contribution < 1.29 is 21.9 Å². The second-order valence-electron chi connectivity index (χ2n) is 5.98. The Kier molecular flexibility index (Phi) is 6.04. The molecule has 152 valence electrons. The van der Waals surface area contributed by atoms with Gasteiger partial charge in [0.2, 0.25) is 10.0 Å². The maximum Gasteiger partial charge on any atom is 0.253 e. The fourth-order valence-corrected chi connectivity index (χ4v) is 3.78. The topological polar surface area (TPSA) is 90.3 Å². The number of nitrogens with one attached hydrogen (secondary N) is 1. The summed E-state index contributed by atoms with van der Waals surface area (Å²) in [6, 6.07) is 11.1. The molecule has 0 spiro atoms. The van der Waals surface area contributed by atoms with E-state index in [4.69, 9.17) is 4.74 Å². The van der Waals surface area contributed by atoms with Crippen LogP contribution >= 0.6 is 0 Å². The lowest BCUT2D eigenvalue weighted by molar-refractivity contribution is 0.415. The van der Waals surface area contributed by atoms with Gasteiger partial charge in [0.25, 0.3) is 5.56 Å². The molecule has 0 amide bonds. The molecule has 0 fully saturated rings. The Hall–Kier alpha value is -3.11. The van der Waals surface area contributed by atoms with Crippen molar-refractivity contribution in [2.75, 3.05) is 13.7 Å². The molecule has 2 aromatic carbocycles. The highest BCUT2D eigenvalue weighted by atomic mass is 32.2. The first-order valence-electron chi connectivity index (χ1n) is 8.46. The Morgan fingerprint density at radius 1 is 1.10 bits per heavy atom. The van der Waals surface area contributed by atoms with Crippen molar-refractivity contribution in [2.24, 2.45) is 0 Å². The molecule has 0 aliphatic heterocycles. The predicted molar refractivity (Wildman–Crippen MR) is 102 cm³/mol. The van der Waals surface area contributed by atoms with Gasteiger partial charge in [0.05, 0.1) is 19.1 Å². The van der Waals surface area contributed by atoms with Gasteiger partial charge < -0.3 is 4.74 Å². The summed E-state index contributed by atoms with van der Waals surface area (Å²) < 4.78 is 60.0. The minimum absolute atomic E-state index is 0.0654. The quantitative estimate of drug-likeness (QED) is 0.632. The molecule has 0 radical (unpaired) electrons. The second-order valence-corrected chi connectivity index (χ2v) is 7.69. The molecule has 29 heavy (non-hydrogen) atoms. The van der Waals surface area contributed by atoms with Crippen LogP contribution in [0.3, 0.4) is 0 Å². The molecule has 0 saturated carbocycles. The Morgan fingerprint density at radius 2 is 1.76 bits per heavy atom. The van der Waals surface area contributed by atoms with E-state index in [-0.39, 0.29) is 13.1 Å². The van der Waals surface area contributed by atoms with Crippen LogP contribution in [0.4, 0.5) is 8.78 Å². The molecular weight excluding hydrogens is 404 g/mol. The SMILES string of the molecule is COc1ccc(-c2cc(=O)n(CCNS(=O)(=O)c3c(F)cccc3F)cn2)cc1. The number of methoxy groups -OCH3 is 1. The van der Waals surface area contributed by atoms with Crippen LogP contribution in [0.2, 0.25) is 0 Å². The van der Waals surface area contributed by atoms with E-state index in [2.05, 4.69) is 9.71 Å². The average Bonchev–Trinajstić information content (AvgIpc) is 2.69. The number of halogens is 2.